The zero-order valence-corrected chi connectivity index (χ0v) is 10.2. The summed E-state index contributed by atoms with van der Waals surface area (Å²) in [6.07, 6.45) is -2.95. The zero-order valence-electron chi connectivity index (χ0n) is 8.08. The van der Waals surface area contributed by atoms with Crippen molar-refractivity contribution in [1.82, 2.24) is 4.98 Å². The van der Waals surface area contributed by atoms with Crippen molar-refractivity contribution >= 4 is 28.6 Å². The molecule has 0 saturated heterocycles. The lowest BCUT2D eigenvalue weighted by Crippen LogP contribution is -2.12. The van der Waals surface area contributed by atoms with Gasteiger partial charge in [0.15, 0.2) is 0 Å². The van der Waals surface area contributed by atoms with Crippen molar-refractivity contribution < 1.29 is 18.7 Å². The van der Waals surface area contributed by atoms with Crippen LogP contribution in [-0.2, 0) is 17.8 Å². The van der Waals surface area contributed by atoms with Crippen molar-refractivity contribution in [3.63, 3.8) is 0 Å². The largest absolute Gasteiger partial charge is 0.481 e. The van der Waals surface area contributed by atoms with Crippen LogP contribution in [0.5, 0.6) is 0 Å². The maximum absolute atomic E-state index is 12.4. The number of carboxylic acid groups (broad SMARTS) is 1. The molecule has 0 spiro atoms. The van der Waals surface area contributed by atoms with Crippen LogP contribution in [0, 0.1) is 3.70 Å². The lowest BCUT2D eigenvalue weighted by Gasteiger charge is -2.10. The van der Waals surface area contributed by atoms with E-state index in [4.69, 9.17) is 10.8 Å². The summed E-state index contributed by atoms with van der Waals surface area (Å²) in [5.74, 6) is -1.04. The van der Waals surface area contributed by atoms with Gasteiger partial charge in [-0.1, -0.05) is 0 Å². The normalized spacial score (nSPS) is 10.8. The Labute approximate surface area is 104 Å². The fourth-order valence-electron chi connectivity index (χ4n) is 1.24. The Morgan fingerprint density at radius 1 is 1.62 bits per heavy atom. The number of aromatic nitrogens is 1. The van der Waals surface area contributed by atoms with Gasteiger partial charge >= 0.3 is 5.97 Å². The number of pyridine rings is 1. The van der Waals surface area contributed by atoms with Crippen LogP contribution in [0.4, 0.5) is 8.78 Å². The first-order valence-electron chi connectivity index (χ1n) is 4.34. The molecular weight excluding hydrogens is 333 g/mol. The van der Waals surface area contributed by atoms with Crippen LogP contribution >= 0.6 is 22.6 Å². The number of hydrogen-bond acceptors (Lipinski definition) is 3. The van der Waals surface area contributed by atoms with Gasteiger partial charge in [-0.3, -0.25) is 4.79 Å². The highest BCUT2D eigenvalue weighted by Crippen LogP contribution is 2.23. The standard InChI is InChI=1S/C9H9F2IN2O2/c10-8(11)6-1-4(3-13)5(2-7(15)16)9(12)14-6/h1,8H,2-3,13H2,(H,15,16). The van der Waals surface area contributed by atoms with Gasteiger partial charge < -0.3 is 10.8 Å². The van der Waals surface area contributed by atoms with Gasteiger partial charge in [-0.05, 0) is 39.8 Å². The van der Waals surface area contributed by atoms with E-state index < -0.39 is 12.4 Å². The number of nitrogens with zero attached hydrogens (tertiary/aromatic N) is 1. The minimum Gasteiger partial charge on any atom is -0.481 e. The molecule has 0 radical (unpaired) electrons. The molecule has 4 nitrogen and oxygen atoms in total. The minimum absolute atomic E-state index is 0.0147. The summed E-state index contributed by atoms with van der Waals surface area (Å²) in [5, 5.41) is 8.67. The van der Waals surface area contributed by atoms with E-state index in [0.29, 0.717) is 11.1 Å². The fraction of sp³-hybridized carbons (Fsp3) is 0.333. The van der Waals surface area contributed by atoms with E-state index in [1.807, 2.05) is 0 Å². The first-order valence-corrected chi connectivity index (χ1v) is 5.41. The Bertz CT molecular complexity index is 413. The van der Waals surface area contributed by atoms with Crippen LogP contribution < -0.4 is 5.73 Å². The number of carbonyl (C=O) groups is 1. The van der Waals surface area contributed by atoms with E-state index in [2.05, 4.69) is 4.98 Å². The second-order valence-electron chi connectivity index (χ2n) is 3.05. The van der Waals surface area contributed by atoms with Crippen LogP contribution in [0.1, 0.15) is 23.2 Å². The molecule has 0 atom stereocenters. The fourth-order valence-corrected chi connectivity index (χ4v) is 2.06. The molecule has 7 heteroatoms. The van der Waals surface area contributed by atoms with Crippen molar-refractivity contribution in [3.05, 3.63) is 26.6 Å². The average Bonchev–Trinajstić information content (AvgIpc) is 2.19. The number of hydrogen-bond donors (Lipinski definition) is 2. The molecule has 0 fully saturated rings. The molecule has 0 aliphatic heterocycles. The van der Waals surface area contributed by atoms with Gasteiger partial charge in [0.1, 0.15) is 9.39 Å². The quantitative estimate of drug-likeness (QED) is 0.645. The molecule has 1 rings (SSSR count). The summed E-state index contributed by atoms with van der Waals surface area (Å²) >= 11 is 1.74. The zero-order chi connectivity index (χ0) is 12.3. The third-order valence-electron chi connectivity index (χ3n) is 1.96. The summed E-state index contributed by atoms with van der Waals surface area (Å²) in [5.41, 5.74) is 5.82. The van der Waals surface area contributed by atoms with Crippen molar-refractivity contribution in [3.8, 4) is 0 Å². The predicted octanol–water partition coefficient (Wildman–Crippen LogP) is 1.71. The Morgan fingerprint density at radius 2 is 2.25 bits per heavy atom. The topological polar surface area (TPSA) is 76.2 Å². The van der Waals surface area contributed by atoms with Gasteiger partial charge in [-0.2, -0.15) is 0 Å². The molecule has 0 aromatic carbocycles. The second kappa shape index (κ2) is 5.48. The molecular formula is C9H9F2IN2O2. The maximum atomic E-state index is 12.4. The van der Waals surface area contributed by atoms with Gasteiger partial charge in [0.2, 0.25) is 0 Å². The molecule has 88 valence electrons. The highest BCUT2D eigenvalue weighted by molar-refractivity contribution is 14.1. The molecule has 0 bridgehead atoms. The Morgan fingerprint density at radius 3 is 2.69 bits per heavy atom. The summed E-state index contributed by atoms with van der Waals surface area (Å²) in [7, 11) is 0. The lowest BCUT2D eigenvalue weighted by atomic mass is 10.1. The summed E-state index contributed by atoms with van der Waals surface area (Å²) in [6, 6.07) is 1.16. The predicted molar refractivity (Wildman–Crippen MR) is 61.1 cm³/mol. The summed E-state index contributed by atoms with van der Waals surface area (Å²) in [4.78, 5) is 14.2. The van der Waals surface area contributed by atoms with E-state index in [0.717, 1.165) is 6.07 Å². The van der Waals surface area contributed by atoms with Gasteiger partial charge in [0.25, 0.3) is 6.43 Å². The number of aliphatic carboxylic acids is 1. The van der Waals surface area contributed by atoms with Crippen molar-refractivity contribution in [2.24, 2.45) is 5.73 Å². The molecule has 0 aliphatic carbocycles. The Hall–Kier alpha value is -0.830. The molecule has 0 unspecified atom stereocenters. The smallest absolute Gasteiger partial charge is 0.307 e. The second-order valence-corrected chi connectivity index (χ2v) is 4.07. The Kier molecular flexibility index (Phi) is 4.54. The van der Waals surface area contributed by atoms with Crippen molar-refractivity contribution in [1.29, 1.82) is 0 Å². The SMILES string of the molecule is NCc1cc(C(F)F)nc(I)c1CC(=O)O. The van der Waals surface area contributed by atoms with Crippen LogP contribution in [0.2, 0.25) is 0 Å². The van der Waals surface area contributed by atoms with Crippen LogP contribution in [-0.4, -0.2) is 16.1 Å². The number of carboxylic acids is 1. The van der Waals surface area contributed by atoms with Crippen LogP contribution in [0.15, 0.2) is 6.07 Å². The Balaban J connectivity index is 3.22. The molecule has 0 amide bonds. The number of halogens is 3. The van der Waals surface area contributed by atoms with Crippen LogP contribution in [0.25, 0.3) is 0 Å². The monoisotopic (exact) mass is 342 g/mol. The maximum Gasteiger partial charge on any atom is 0.307 e. The summed E-state index contributed by atoms with van der Waals surface area (Å²) < 4.78 is 25.1. The van der Waals surface area contributed by atoms with Crippen LogP contribution in [0.3, 0.4) is 0 Å². The highest BCUT2D eigenvalue weighted by Gasteiger charge is 2.17. The van der Waals surface area contributed by atoms with Gasteiger partial charge in [-0.15, -0.1) is 0 Å². The van der Waals surface area contributed by atoms with Gasteiger partial charge in [0, 0.05) is 6.54 Å². The van der Waals surface area contributed by atoms with E-state index in [9.17, 15) is 13.6 Å². The number of rotatable bonds is 4. The van der Waals surface area contributed by atoms with Gasteiger partial charge in [-0.25, -0.2) is 13.8 Å². The summed E-state index contributed by atoms with van der Waals surface area (Å²) in [6.45, 7) is 0.0147. The number of nitrogens with two attached hydrogens (primary N) is 1. The van der Waals surface area contributed by atoms with Crippen molar-refractivity contribution in [2.45, 2.75) is 19.4 Å². The molecule has 0 saturated carbocycles. The first-order chi connectivity index (χ1) is 7.45. The van der Waals surface area contributed by atoms with Gasteiger partial charge in [0.05, 0.1) is 6.42 Å². The minimum atomic E-state index is -2.68. The molecule has 3 N–H and O–H groups in total. The molecule has 0 aliphatic rings. The van der Waals surface area contributed by atoms with Crippen molar-refractivity contribution in [2.75, 3.05) is 0 Å². The van der Waals surface area contributed by atoms with E-state index in [-0.39, 0.29) is 22.4 Å². The average molecular weight is 342 g/mol. The van der Waals surface area contributed by atoms with E-state index in [1.165, 1.54) is 0 Å². The molecule has 1 aromatic rings. The molecule has 1 heterocycles. The lowest BCUT2D eigenvalue weighted by molar-refractivity contribution is -0.136. The number of alkyl halides is 2. The van der Waals surface area contributed by atoms with E-state index >= 15 is 0 Å². The molecule has 16 heavy (non-hydrogen) atoms. The third-order valence-corrected chi connectivity index (χ3v) is 2.85. The molecule has 1 aromatic heterocycles. The highest BCUT2D eigenvalue weighted by atomic mass is 127. The first kappa shape index (κ1) is 13.2. The van der Waals surface area contributed by atoms with E-state index in [1.54, 1.807) is 22.6 Å². The third kappa shape index (κ3) is 3.08.